The lowest BCUT2D eigenvalue weighted by atomic mass is 10.1. The van der Waals surface area contributed by atoms with Crippen molar-refractivity contribution in [1.29, 1.82) is 0 Å². The zero-order chi connectivity index (χ0) is 10.4. The second kappa shape index (κ2) is 5.37. The normalized spacial score (nSPS) is 11.5. The van der Waals surface area contributed by atoms with Gasteiger partial charge in [-0.3, -0.25) is 9.59 Å². The molecule has 0 aromatic carbocycles. The van der Waals surface area contributed by atoms with Crippen molar-refractivity contribution in [3.8, 4) is 0 Å². The summed E-state index contributed by atoms with van der Waals surface area (Å²) in [4.78, 5) is 21.3. The molecule has 0 bridgehead atoms. The van der Waals surface area contributed by atoms with Crippen LogP contribution in [0.25, 0.3) is 0 Å². The van der Waals surface area contributed by atoms with Gasteiger partial charge in [-0.2, -0.15) is 0 Å². The summed E-state index contributed by atoms with van der Waals surface area (Å²) >= 11 is 5.37. The average Bonchev–Trinajstić information content (AvgIpc) is 1.99. The van der Waals surface area contributed by atoms with Gasteiger partial charge in [-0.1, -0.05) is 24.8 Å². The predicted octanol–water partition coefficient (Wildman–Crippen LogP) is 1.52. The standard InChI is InChI=1S/C8H9ClO4/c1-3-13-7(10)4-6(5(2)9)8(11)12/h3,6H,1-2,4H2,(H,11,12). The number of hydrogen-bond donors (Lipinski definition) is 1. The molecule has 0 fully saturated rings. The largest absolute Gasteiger partial charge is 0.481 e. The number of carboxylic acid groups (broad SMARTS) is 1. The van der Waals surface area contributed by atoms with Gasteiger partial charge in [0.15, 0.2) is 0 Å². The molecule has 0 saturated heterocycles. The van der Waals surface area contributed by atoms with Crippen molar-refractivity contribution >= 4 is 23.5 Å². The smallest absolute Gasteiger partial charge is 0.312 e. The van der Waals surface area contributed by atoms with Crippen LogP contribution >= 0.6 is 11.6 Å². The maximum absolute atomic E-state index is 10.8. The zero-order valence-corrected chi connectivity index (χ0v) is 7.58. The predicted molar refractivity (Wildman–Crippen MR) is 47.0 cm³/mol. The topological polar surface area (TPSA) is 63.6 Å². The lowest BCUT2D eigenvalue weighted by molar-refractivity contribution is -0.147. The maximum atomic E-state index is 10.8. The summed E-state index contributed by atoms with van der Waals surface area (Å²) < 4.78 is 4.33. The van der Waals surface area contributed by atoms with Gasteiger partial charge in [0.2, 0.25) is 0 Å². The molecule has 0 aliphatic rings. The van der Waals surface area contributed by atoms with Crippen LogP contribution in [0.2, 0.25) is 0 Å². The molecule has 0 amide bonds. The minimum absolute atomic E-state index is 0.103. The second-order valence-electron chi connectivity index (χ2n) is 2.20. The molecule has 1 N–H and O–H groups in total. The Labute approximate surface area is 80.4 Å². The third kappa shape index (κ3) is 4.32. The number of carbonyl (C=O) groups excluding carboxylic acids is 1. The summed E-state index contributed by atoms with van der Waals surface area (Å²) in [5.41, 5.74) is 0. The maximum Gasteiger partial charge on any atom is 0.312 e. The molecule has 5 heteroatoms. The van der Waals surface area contributed by atoms with Crippen molar-refractivity contribution in [3.05, 3.63) is 24.5 Å². The highest BCUT2D eigenvalue weighted by atomic mass is 35.5. The Hall–Kier alpha value is -1.29. The van der Waals surface area contributed by atoms with E-state index in [0.29, 0.717) is 0 Å². The number of aliphatic carboxylic acids is 1. The molecule has 1 unspecified atom stereocenters. The summed E-state index contributed by atoms with van der Waals surface area (Å²) in [6.07, 6.45) is 0.585. The first-order valence-electron chi connectivity index (χ1n) is 3.36. The summed E-state index contributed by atoms with van der Waals surface area (Å²) in [7, 11) is 0. The van der Waals surface area contributed by atoms with Gasteiger partial charge in [0.25, 0.3) is 0 Å². The number of carboxylic acids is 1. The number of halogens is 1. The fourth-order valence-corrected chi connectivity index (χ4v) is 0.810. The van der Waals surface area contributed by atoms with Crippen LogP contribution in [0.1, 0.15) is 6.42 Å². The summed E-state index contributed by atoms with van der Waals surface area (Å²) in [6.45, 7) is 6.39. The minimum atomic E-state index is -1.21. The van der Waals surface area contributed by atoms with Crippen LogP contribution in [0.4, 0.5) is 0 Å². The van der Waals surface area contributed by atoms with E-state index in [1.807, 2.05) is 0 Å². The molecule has 0 heterocycles. The van der Waals surface area contributed by atoms with Crippen LogP contribution < -0.4 is 0 Å². The monoisotopic (exact) mass is 204 g/mol. The quantitative estimate of drug-likeness (QED) is 0.545. The number of esters is 1. The first-order valence-corrected chi connectivity index (χ1v) is 3.74. The highest BCUT2D eigenvalue weighted by Crippen LogP contribution is 2.18. The van der Waals surface area contributed by atoms with Gasteiger partial charge in [0.1, 0.15) is 5.92 Å². The number of carbonyl (C=O) groups is 2. The van der Waals surface area contributed by atoms with Crippen LogP contribution in [0.5, 0.6) is 0 Å². The van der Waals surface area contributed by atoms with Crippen molar-refractivity contribution in [2.24, 2.45) is 5.92 Å². The molecule has 0 aromatic rings. The van der Waals surface area contributed by atoms with Gasteiger partial charge in [0.05, 0.1) is 12.7 Å². The summed E-state index contributed by atoms with van der Waals surface area (Å²) in [5.74, 6) is -3.03. The second-order valence-corrected chi connectivity index (χ2v) is 2.68. The van der Waals surface area contributed by atoms with Crippen LogP contribution in [0.15, 0.2) is 24.5 Å². The van der Waals surface area contributed by atoms with Crippen molar-refractivity contribution in [2.75, 3.05) is 0 Å². The Kier molecular flexibility index (Phi) is 4.84. The first-order chi connectivity index (χ1) is 5.99. The van der Waals surface area contributed by atoms with E-state index in [0.717, 1.165) is 6.26 Å². The Morgan fingerprint density at radius 3 is 2.46 bits per heavy atom. The third-order valence-electron chi connectivity index (χ3n) is 1.26. The van der Waals surface area contributed by atoms with Gasteiger partial charge in [-0.15, -0.1) is 0 Å². The Bertz CT molecular complexity index is 233. The summed E-state index contributed by atoms with van der Waals surface area (Å²) in [5, 5.41) is 8.48. The lowest BCUT2D eigenvalue weighted by Gasteiger charge is -2.07. The highest BCUT2D eigenvalue weighted by Gasteiger charge is 2.23. The molecule has 72 valence electrons. The van der Waals surface area contributed by atoms with Crippen LogP contribution in [0.3, 0.4) is 0 Å². The molecule has 0 saturated carbocycles. The fourth-order valence-electron chi connectivity index (χ4n) is 0.640. The van der Waals surface area contributed by atoms with Gasteiger partial charge in [-0.05, 0) is 0 Å². The molecule has 0 radical (unpaired) electrons. The zero-order valence-electron chi connectivity index (χ0n) is 6.83. The van der Waals surface area contributed by atoms with E-state index in [2.05, 4.69) is 17.9 Å². The molecule has 4 nitrogen and oxygen atoms in total. The van der Waals surface area contributed by atoms with Crippen molar-refractivity contribution in [1.82, 2.24) is 0 Å². The minimum Gasteiger partial charge on any atom is -0.481 e. The van der Waals surface area contributed by atoms with E-state index < -0.39 is 17.9 Å². The van der Waals surface area contributed by atoms with E-state index in [9.17, 15) is 9.59 Å². The SMILES string of the molecule is C=COC(=O)CC(C(=C)Cl)C(=O)O. The molecule has 0 aromatic heterocycles. The Morgan fingerprint density at radius 2 is 2.15 bits per heavy atom. The number of rotatable bonds is 5. The first kappa shape index (κ1) is 11.7. The fraction of sp³-hybridized carbons (Fsp3) is 0.250. The van der Waals surface area contributed by atoms with E-state index in [1.165, 1.54) is 0 Å². The molecule has 0 aliphatic carbocycles. The highest BCUT2D eigenvalue weighted by molar-refractivity contribution is 6.31. The van der Waals surface area contributed by atoms with E-state index in [1.54, 1.807) is 0 Å². The van der Waals surface area contributed by atoms with Gasteiger partial charge in [0, 0.05) is 5.03 Å². The molecule has 1 atom stereocenters. The number of ether oxygens (including phenoxy) is 1. The van der Waals surface area contributed by atoms with Crippen LogP contribution in [-0.2, 0) is 14.3 Å². The molecule has 0 rings (SSSR count). The third-order valence-corrected chi connectivity index (χ3v) is 1.53. The molecular weight excluding hydrogens is 196 g/mol. The Balaban J connectivity index is 4.26. The number of hydrogen-bond acceptors (Lipinski definition) is 3. The van der Waals surface area contributed by atoms with Crippen molar-refractivity contribution in [2.45, 2.75) is 6.42 Å². The molecule has 0 spiro atoms. The van der Waals surface area contributed by atoms with Crippen molar-refractivity contribution < 1.29 is 19.4 Å². The van der Waals surface area contributed by atoms with Crippen molar-refractivity contribution in [3.63, 3.8) is 0 Å². The van der Waals surface area contributed by atoms with Crippen LogP contribution in [0, 0.1) is 5.92 Å². The Morgan fingerprint density at radius 1 is 1.62 bits per heavy atom. The average molecular weight is 205 g/mol. The summed E-state index contributed by atoms with van der Waals surface area (Å²) in [6, 6.07) is 0. The van der Waals surface area contributed by atoms with Gasteiger partial charge in [-0.25, -0.2) is 0 Å². The molecular formula is C8H9ClO4. The van der Waals surface area contributed by atoms with E-state index in [4.69, 9.17) is 16.7 Å². The molecule has 13 heavy (non-hydrogen) atoms. The van der Waals surface area contributed by atoms with Crippen LogP contribution in [-0.4, -0.2) is 17.0 Å². The van der Waals surface area contributed by atoms with E-state index in [-0.39, 0.29) is 11.5 Å². The lowest BCUT2D eigenvalue weighted by Crippen LogP contribution is -2.18. The molecule has 0 aliphatic heterocycles. The van der Waals surface area contributed by atoms with Gasteiger partial charge >= 0.3 is 11.9 Å². The van der Waals surface area contributed by atoms with E-state index >= 15 is 0 Å². The van der Waals surface area contributed by atoms with Gasteiger partial charge < -0.3 is 9.84 Å².